The molecule has 1 saturated heterocycles. The summed E-state index contributed by atoms with van der Waals surface area (Å²) < 4.78 is 79.0. The van der Waals surface area contributed by atoms with Crippen LogP contribution in [0.25, 0.3) is 11.3 Å². The molecule has 0 aliphatic carbocycles. The van der Waals surface area contributed by atoms with E-state index in [0.29, 0.717) is 5.56 Å². The molecule has 1 amide bonds. The highest BCUT2D eigenvalue weighted by atomic mass is 35.5. The van der Waals surface area contributed by atoms with Gasteiger partial charge in [0.25, 0.3) is 0 Å². The number of hydrogen-bond acceptors (Lipinski definition) is 6. The summed E-state index contributed by atoms with van der Waals surface area (Å²) in [7, 11) is -4.11. The van der Waals surface area contributed by atoms with Gasteiger partial charge in [-0.3, -0.25) is 9.78 Å². The summed E-state index contributed by atoms with van der Waals surface area (Å²) in [4.78, 5) is 23.7. The molecule has 0 unspecified atom stereocenters. The van der Waals surface area contributed by atoms with Crippen LogP contribution in [0.5, 0.6) is 0 Å². The van der Waals surface area contributed by atoms with Crippen molar-refractivity contribution >= 4 is 27.5 Å². The molecule has 1 aromatic carbocycles. The molecule has 200 valence electrons. The molecule has 2 atom stereocenters. The first kappa shape index (κ1) is 27.6. The number of rotatable bonds is 7. The van der Waals surface area contributed by atoms with Gasteiger partial charge in [0.05, 0.1) is 15.6 Å². The first-order valence-corrected chi connectivity index (χ1v) is 12.9. The maximum absolute atomic E-state index is 13.3. The Morgan fingerprint density at radius 3 is 2.42 bits per heavy atom. The number of alkyl halides is 3. The van der Waals surface area contributed by atoms with E-state index in [1.54, 1.807) is 6.08 Å². The molecule has 3 heterocycles. The second-order valence-corrected chi connectivity index (χ2v) is 10.7. The normalized spacial score (nSPS) is 18.3. The van der Waals surface area contributed by atoms with Crippen LogP contribution in [0.3, 0.4) is 0 Å². The second kappa shape index (κ2) is 10.8. The van der Waals surface area contributed by atoms with Crippen LogP contribution in [0.2, 0.25) is 5.02 Å². The molecule has 14 heteroatoms. The van der Waals surface area contributed by atoms with Crippen molar-refractivity contribution in [3.05, 3.63) is 83.8 Å². The zero-order valence-corrected chi connectivity index (χ0v) is 21.1. The van der Waals surface area contributed by atoms with Crippen molar-refractivity contribution < 1.29 is 30.8 Å². The molecule has 0 radical (unpaired) electrons. The van der Waals surface area contributed by atoms with Gasteiger partial charge in [-0.25, -0.2) is 22.8 Å². The highest BCUT2D eigenvalue weighted by molar-refractivity contribution is 7.89. The van der Waals surface area contributed by atoms with Gasteiger partial charge < -0.3 is 5.32 Å². The average molecular weight is 570 g/mol. The highest BCUT2D eigenvalue weighted by Gasteiger charge is 2.43. The molecule has 1 N–H and O–H groups in total. The summed E-state index contributed by atoms with van der Waals surface area (Å²) >= 11 is 6.21. The Morgan fingerprint density at radius 1 is 1.16 bits per heavy atom. The number of aromatic nitrogens is 3. The highest BCUT2D eigenvalue weighted by Crippen LogP contribution is 2.31. The minimum atomic E-state index is -4.69. The van der Waals surface area contributed by atoms with Gasteiger partial charge in [0.1, 0.15) is 11.9 Å². The van der Waals surface area contributed by atoms with Crippen LogP contribution in [-0.4, -0.2) is 46.2 Å². The molecule has 4 rings (SSSR count). The van der Waals surface area contributed by atoms with Crippen LogP contribution in [0.4, 0.5) is 17.6 Å². The monoisotopic (exact) mass is 569 g/mol. The number of amides is 1. The topological polar surface area (TPSA) is 105 Å². The minimum Gasteiger partial charge on any atom is -0.351 e. The lowest BCUT2D eigenvalue weighted by atomic mass is 10.1. The Hall–Kier alpha value is -3.42. The van der Waals surface area contributed by atoms with Gasteiger partial charge in [-0.15, -0.1) is 6.58 Å². The van der Waals surface area contributed by atoms with Gasteiger partial charge in [0.2, 0.25) is 21.8 Å². The van der Waals surface area contributed by atoms with Crippen molar-refractivity contribution in [2.45, 2.75) is 30.1 Å². The fourth-order valence-electron chi connectivity index (χ4n) is 3.93. The van der Waals surface area contributed by atoms with E-state index < -0.39 is 39.8 Å². The van der Waals surface area contributed by atoms with Gasteiger partial charge >= 0.3 is 6.18 Å². The Morgan fingerprint density at radius 2 is 1.82 bits per heavy atom. The van der Waals surface area contributed by atoms with Crippen LogP contribution >= 0.6 is 11.6 Å². The molecule has 1 aliphatic heterocycles. The molecule has 2 aromatic heterocycles. The van der Waals surface area contributed by atoms with Gasteiger partial charge in [0.15, 0.2) is 0 Å². The first-order chi connectivity index (χ1) is 17.9. The first-order valence-electron chi connectivity index (χ1n) is 11.1. The predicted molar refractivity (Wildman–Crippen MR) is 130 cm³/mol. The molecule has 0 spiro atoms. The number of carbonyl (C=O) groups is 1. The van der Waals surface area contributed by atoms with Crippen molar-refractivity contribution in [3.8, 4) is 11.3 Å². The smallest absolute Gasteiger partial charge is 0.351 e. The second-order valence-electron chi connectivity index (χ2n) is 8.45. The minimum absolute atomic E-state index is 0.0232. The Labute approximate surface area is 220 Å². The fourth-order valence-corrected chi connectivity index (χ4v) is 5.76. The van der Waals surface area contributed by atoms with E-state index in [9.17, 15) is 30.8 Å². The summed E-state index contributed by atoms with van der Waals surface area (Å²) in [6.07, 6.45) is 0.280. The van der Waals surface area contributed by atoms with E-state index in [-0.39, 0.29) is 46.6 Å². The molecule has 38 heavy (non-hydrogen) atoms. The van der Waals surface area contributed by atoms with Crippen molar-refractivity contribution in [1.82, 2.24) is 24.6 Å². The number of nitrogens with one attached hydrogen (secondary N) is 1. The number of hydrogen-bond donors (Lipinski definition) is 1. The standard InChI is InChI=1S/C24H20ClF4N5O3S/c1-2-14-7-21(34(13-14)38(36,37)18-5-3-17(26)4-6-18)22(35)31-9-15-8-20(30-12-19(15)25)16-10-32-23(33-11-16)24(27,28)29/h2-6,8,10-12,14,21H,1,7,9,13H2,(H,31,35)/t14-,21+/m1/s1. The molecule has 1 aliphatic rings. The maximum Gasteiger partial charge on any atom is 0.451 e. The van der Waals surface area contributed by atoms with Gasteiger partial charge in [-0.2, -0.15) is 17.5 Å². The molecular weight excluding hydrogens is 550 g/mol. The van der Waals surface area contributed by atoms with Gasteiger partial charge in [0, 0.05) is 37.2 Å². The van der Waals surface area contributed by atoms with E-state index >= 15 is 0 Å². The van der Waals surface area contributed by atoms with E-state index in [1.165, 1.54) is 12.3 Å². The van der Waals surface area contributed by atoms with E-state index in [4.69, 9.17) is 11.6 Å². The predicted octanol–water partition coefficient (Wildman–Crippen LogP) is 4.23. The van der Waals surface area contributed by atoms with E-state index in [2.05, 4.69) is 26.8 Å². The Bertz CT molecular complexity index is 1450. The summed E-state index contributed by atoms with van der Waals surface area (Å²) in [5.41, 5.74) is 0.806. The summed E-state index contributed by atoms with van der Waals surface area (Å²) in [5, 5.41) is 2.84. The number of benzene rings is 1. The summed E-state index contributed by atoms with van der Waals surface area (Å²) in [6, 6.07) is 4.70. The summed E-state index contributed by atoms with van der Waals surface area (Å²) in [5.74, 6) is -2.76. The molecule has 8 nitrogen and oxygen atoms in total. The molecule has 0 saturated carbocycles. The average Bonchev–Trinajstić information content (AvgIpc) is 3.34. The molecular formula is C24H20ClF4N5O3S. The maximum atomic E-state index is 13.3. The number of carbonyl (C=O) groups excluding carboxylic acids is 1. The third-order valence-electron chi connectivity index (χ3n) is 5.93. The third-order valence-corrected chi connectivity index (χ3v) is 8.16. The number of nitrogens with zero attached hydrogens (tertiary/aromatic N) is 4. The SMILES string of the molecule is C=C[C@@H]1C[C@@H](C(=O)NCc2cc(-c3cnc(C(F)(F)F)nc3)ncc2Cl)N(S(=O)(=O)c2ccc(F)cc2)C1. The molecule has 1 fully saturated rings. The lowest BCUT2D eigenvalue weighted by molar-refractivity contribution is -0.145. The lowest BCUT2D eigenvalue weighted by Crippen LogP contribution is -2.45. The van der Waals surface area contributed by atoms with Crippen molar-refractivity contribution in [1.29, 1.82) is 0 Å². The van der Waals surface area contributed by atoms with Crippen LogP contribution in [-0.2, 0) is 27.5 Å². The van der Waals surface area contributed by atoms with E-state index in [0.717, 1.165) is 41.0 Å². The Balaban J connectivity index is 1.52. The van der Waals surface area contributed by atoms with Gasteiger partial charge in [-0.05, 0) is 48.2 Å². The van der Waals surface area contributed by atoms with Crippen LogP contribution in [0.1, 0.15) is 17.8 Å². The van der Waals surface area contributed by atoms with Crippen molar-refractivity contribution in [2.24, 2.45) is 5.92 Å². The molecule has 0 bridgehead atoms. The number of pyridine rings is 1. The zero-order chi connectivity index (χ0) is 27.7. The van der Waals surface area contributed by atoms with Gasteiger partial charge in [-0.1, -0.05) is 17.7 Å². The third kappa shape index (κ3) is 5.84. The number of sulfonamides is 1. The zero-order valence-electron chi connectivity index (χ0n) is 19.5. The molecule has 3 aromatic rings. The summed E-state index contributed by atoms with van der Waals surface area (Å²) in [6.45, 7) is 3.61. The van der Waals surface area contributed by atoms with Crippen molar-refractivity contribution in [3.63, 3.8) is 0 Å². The Kier molecular flexibility index (Phi) is 7.81. The van der Waals surface area contributed by atoms with Crippen LogP contribution < -0.4 is 5.32 Å². The van der Waals surface area contributed by atoms with Crippen LogP contribution in [0.15, 0.2) is 66.5 Å². The van der Waals surface area contributed by atoms with E-state index in [1.807, 2.05) is 0 Å². The van der Waals surface area contributed by atoms with Crippen LogP contribution in [0, 0.1) is 11.7 Å². The quantitative estimate of drug-likeness (QED) is 0.337. The van der Waals surface area contributed by atoms with Crippen molar-refractivity contribution in [2.75, 3.05) is 6.54 Å². The fraction of sp³-hybridized carbons (Fsp3) is 0.250. The number of halogens is 5. The largest absolute Gasteiger partial charge is 0.451 e. The lowest BCUT2D eigenvalue weighted by Gasteiger charge is -2.23.